The summed E-state index contributed by atoms with van der Waals surface area (Å²) in [5.74, 6) is -1.80. The third-order valence-corrected chi connectivity index (χ3v) is 5.36. The lowest BCUT2D eigenvalue weighted by atomic mass is 9.91. The molecule has 0 heterocycles. The van der Waals surface area contributed by atoms with Crippen LogP contribution in [0.15, 0.2) is 48.5 Å². The number of rotatable bonds is 16. The van der Waals surface area contributed by atoms with E-state index in [0.717, 1.165) is 42.8 Å². The van der Waals surface area contributed by atoms with Gasteiger partial charge in [-0.05, 0) is 55.6 Å². The van der Waals surface area contributed by atoms with Crippen molar-refractivity contribution in [1.29, 1.82) is 0 Å². The smallest absolute Gasteiger partial charge is 0.416 e. The van der Waals surface area contributed by atoms with Gasteiger partial charge in [0.05, 0.1) is 39.1 Å². The van der Waals surface area contributed by atoms with Crippen LogP contribution in [0.3, 0.4) is 0 Å². The van der Waals surface area contributed by atoms with E-state index in [4.69, 9.17) is 30.4 Å². The molecular formula is C32H51F3N2O6. The zero-order valence-corrected chi connectivity index (χ0v) is 26.5. The minimum Gasteiger partial charge on any atom is -0.491 e. The van der Waals surface area contributed by atoms with Crippen LogP contribution >= 0.6 is 0 Å². The topological polar surface area (TPSA) is 123 Å². The summed E-state index contributed by atoms with van der Waals surface area (Å²) in [6, 6.07) is 11.0. The van der Waals surface area contributed by atoms with Crippen molar-refractivity contribution in [2.45, 2.75) is 60.1 Å². The number of nitrogens with two attached hydrogens (primary N) is 2. The highest BCUT2D eigenvalue weighted by atomic mass is 19.4. The molecule has 0 spiro atoms. The average Bonchev–Trinajstić information content (AvgIpc) is 3.04. The zero-order chi connectivity index (χ0) is 33.1. The quantitative estimate of drug-likeness (QED) is 0.101. The number of Topliss-reactive ketones (excluding diaryl/α,β-unsaturated/α-hetero) is 1. The lowest BCUT2D eigenvalue weighted by molar-refractivity contribution is -0.144. The van der Waals surface area contributed by atoms with Gasteiger partial charge in [-0.15, -0.1) is 0 Å². The Balaban J connectivity index is 0. The van der Waals surface area contributed by atoms with Crippen LogP contribution < -0.4 is 16.2 Å². The summed E-state index contributed by atoms with van der Waals surface area (Å²) in [5.41, 5.74) is 10.4. The maximum atomic E-state index is 12.8. The third kappa shape index (κ3) is 19.0. The second-order valence-electron chi connectivity index (χ2n) is 8.35. The van der Waals surface area contributed by atoms with E-state index >= 15 is 0 Å². The Hall–Kier alpha value is -2.99. The number of carbonyl (C=O) groups excluding carboxylic acids is 2. The molecule has 0 radical (unpaired) electrons. The average molecular weight is 617 g/mol. The molecule has 2 aromatic carbocycles. The number of hydrogen-bond acceptors (Lipinski definition) is 8. The van der Waals surface area contributed by atoms with Crippen molar-refractivity contribution in [3.8, 4) is 5.75 Å². The molecule has 246 valence electrons. The van der Waals surface area contributed by atoms with E-state index in [-0.39, 0.29) is 12.0 Å². The maximum Gasteiger partial charge on any atom is 0.416 e. The highest BCUT2D eigenvalue weighted by molar-refractivity contribution is 6.08. The molecule has 1 atom stereocenters. The molecule has 1 unspecified atom stereocenters. The van der Waals surface area contributed by atoms with Gasteiger partial charge >= 0.3 is 12.1 Å². The van der Waals surface area contributed by atoms with Crippen molar-refractivity contribution in [2.24, 2.45) is 17.4 Å². The Morgan fingerprint density at radius 1 is 0.791 bits per heavy atom. The molecule has 2 rings (SSSR count). The molecule has 0 aromatic heterocycles. The van der Waals surface area contributed by atoms with Gasteiger partial charge < -0.3 is 30.4 Å². The van der Waals surface area contributed by atoms with Gasteiger partial charge in [-0.25, -0.2) is 0 Å². The summed E-state index contributed by atoms with van der Waals surface area (Å²) >= 11 is 0. The molecular weight excluding hydrogens is 565 g/mol. The van der Waals surface area contributed by atoms with E-state index < -0.39 is 29.4 Å². The summed E-state index contributed by atoms with van der Waals surface area (Å²) in [6.45, 7) is 13.5. The summed E-state index contributed by atoms with van der Waals surface area (Å²) in [6.07, 6.45) is -2.88. The summed E-state index contributed by atoms with van der Waals surface area (Å²) in [4.78, 5) is 25.0. The molecule has 0 aliphatic rings. The van der Waals surface area contributed by atoms with Gasteiger partial charge in [-0.1, -0.05) is 58.9 Å². The fourth-order valence-electron chi connectivity index (χ4n) is 3.21. The second kappa shape index (κ2) is 26.6. The molecule has 0 amide bonds. The van der Waals surface area contributed by atoms with Gasteiger partial charge in [0.15, 0.2) is 5.78 Å². The molecule has 0 aliphatic carbocycles. The predicted molar refractivity (Wildman–Crippen MR) is 164 cm³/mol. The molecule has 4 N–H and O–H groups in total. The molecule has 11 heteroatoms. The van der Waals surface area contributed by atoms with E-state index in [0.29, 0.717) is 51.7 Å². The minimum atomic E-state index is -4.51. The van der Waals surface area contributed by atoms with E-state index in [2.05, 4.69) is 6.92 Å². The largest absolute Gasteiger partial charge is 0.491 e. The van der Waals surface area contributed by atoms with Gasteiger partial charge in [0.2, 0.25) is 0 Å². The molecule has 0 fully saturated rings. The normalized spacial score (nSPS) is 11.0. The number of alkyl halides is 3. The van der Waals surface area contributed by atoms with Crippen LogP contribution in [-0.4, -0.2) is 65.0 Å². The van der Waals surface area contributed by atoms with Crippen molar-refractivity contribution >= 4 is 11.8 Å². The van der Waals surface area contributed by atoms with Crippen LogP contribution in [0.5, 0.6) is 5.75 Å². The monoisotopic (exact) mass is 616 g/mol. The van der Waals surface area contributed by atoms with Crippen molar-refractivity contribution in [2.75, 3.05) is 53.2 Å². The maximum absolute atomic E-state index is 12.8. The number of esters is 1. The molecule has 43 heavy (non-hydrogen) atoms. The molecule has 0 saturated carbocycles. The van der Waals surface area contributed by atoms with Crippen molar-refractivity contribution < 1.29 is 41.7 Å². The highest BCUT2D eigenvalue weighted by Gasteiger charge is 2.32. The van der Waals surface area contributed by atoms with Crippen LogP contribution in [0.1, 0.15) is 68.9 Å². The number of methoxy groups -OCH3 is 1. The number of halogens is 3. The molecule has 0 aliphatic heterocycles. The van der Waals surface area contributed by atoms with Crippen molar-refractivity contribution in [3.63, 3.8) is 0 Å². The Labute approximate surface area is 255 Å². The van der Waals surface area contributed by atoms with Crippen LogP contribution in [-0.2, 0) is 31.6 Å². The first-order chi connectivity index (χ1) is 20.7. The first kappa shape index (κ1) is 42.1. The molecule has 0 saturated heterocycles. The van der Waals surface area contributed by atoms with Gasteiger partial charge in [0.25, 0.3) is 0 Å². The van der Waals surface area contributed by atoms with Crippen LogP contribution in [0.2, 0.25) is 0 Å². The zero-order valence-electron chi connectivity index (χ0n) is 26.5. The fraction of sp³-hybridized carbons (Fsp3) is 0.562. The summed E-state index contributed by atoms with van der Waals surface area (Å²) < 4.78 is 59.2. The van der Waals surface area contributed by atoms with Crippen molar-refractivity contribution in [3.05, 3.63) is 65.2 Å². The third-order valence-electron chi connectivity index (χ3n) is 5.36. The fourth-order valence-corrected chi connectivity index (χ4v) is 3.21. The Morgan fingerprint density at radius 2 is 1.30 bits per heavy atom. The Bertz CT molecular complexity index is 953. The standard InChI is InChI=1S/C25H30F3NO6.C3H9N.2C2H6/c1-32-24(31)22(23(30)19-5-7-20(8-6-19)25(26,27)28)11-4-18-2-9-21(10-3-18)35-17-16-34-15-14-33-13-12-29;1-2-3-4;2*1-2/h2-3,5-10,22H,4,11-17,29H2,1H3;2-4H2,1H3;2*1-2H3. The van der Waals surface area contributed by atoms with E-state index in [1.165, 1.54) is 7.11 Å². The molecule has 0 bridgehead atoms. The van der Waals surface area contributed by atoms with E-state index in [1.54, 1.807) is 12.1 Å². The van der Waals surface area contributed by atoms with Crippen LogP contribution in [0.4, 0.5) is 13.2 Å². The van der Waals surface area contributed by atoms with Crippen molar-refractivity contribution in [1.82, 2.24) is 0 Å². The predicted octanol–water partition coefficient (Wildman–Crippen LogP) is 6.09. The Morgan fingerprint density at radius 3 is 1.77 bits per heavy atom. The second-order valence-corrected chi connectivity index (χ2v) is 8.35. The van der Waals surface area contributed by atoms with Gasteiger partial charge in [-0.2, -0.15) is 13.2 Å². The number of hydrogen-bond donors (Lipinski definition) is 2. The number of benzene rings is 2. The number of carbonyl (C=O) groups is 2. The highest BCUT2D eigenvalue weighted by Crippen LogP contribution is 2.29. The van der Waals surface area contributed by atoms with E-state index in [9.17, 15) is 22.8 Å². The SMILES string of the molecule is CC.CC.CCCN.COC(=O)C(CCc1ccc(OCCOCCOCCN)cc1)C(=O)c1ccc(C(F)(F)F)cc1. The first-order valence-electron chi connectivity index (χ1n) is 14.7. The lowest BCUT2D eigenvalue weighted by Crippen LogP contribution is -2.26. The Kier molecular flexibility index (Phi) is 26.1. The lowest BCUT2D eigenvalue weighted by Gasteiger charge is -2.15. The molecule has 2 aromatic rings. The number of ether oxygens (including phenoxy) is 4. The number of aryl methyl sites for hydroxylation is 1. The first-order valence-corrected chi connectivity index (χ1v) is 14.7. The van der Waals surface area contributed by atoms with E-state index in [1.807, 2.05) is 39.8 Å². The van der Waals surface area contributed by atoms with Gasteiger partial charge in [0.1, 0.15) is 18.3 Å². The van der Waals surface area contributed by atoms with Crippen LogP contribution in [0, 0.1) is 5.92 Å². The molecule has 8 nitrogen and oxygen atoms in total. The summed E-state index contributed by atoms with van der Waals surface area (Å²) in [7, 11) is 1.17. The summed E-state index contributed by atoms with van der Waals surface area (Å²) in [5, 5.41) is 0. The minimum absolute atomic E-state index is 0.0188. The van der Waals surface area contributed by atoms with Gasteiger partial charge in [-0.3, -0.25) is 9.59 Å². The van der Waals surface area contributed by atoms with Gasteiger partial charge in [0, 0.05) is 12.1 Å². The number of ketones is 1. The van der Waals surface area contributed by atoms with Crippen LogP contribution in [0.25, 0.3) is 0 Å².